The SMILES string of the molecule is Fc1ccc2ccc(NC[C@H]([C@@H]3CCOC3)N3CCOCC3)nc2c1. The van der Waals surface area contributed by atoms with Crippen LogP contribution in [-0.2, 0) is 9.47 Å². The van der Waals surface area contributed by atoms with Crippen molar-refractivity contribution in [3.63, 3.8) is 0 Å². The normalized spacial score (nSPS) is 23.0. The maximum absolute atomic E-state index is 13.4. The largest absolute Gasteiger partial charge is 0.381 e. The third-order valence-electron chi connectivity index (χ3n) is 5.17. The summed E-state index contributed by atoms with van der Waals surface area (Å²) in [4.78, 5) is 7.05. The molecule has 0 bridgehead atoms. The molecule has 6 heteroatoms. The van der Waals surface area contributed by atoms with Crippen LogP contribution in [0.5, 0.6) is 0 Å². The van der Waals surface area contributed by atoms with Crippen LogP contribution in [0.3, 0.4) is 0 Å². The van der Waals surface area contributed by atoms with E-state index in [1.807, 2.05) is 12.1 Å². The van der Waals surface area contributed by atoms with E-state index in [9.17, 15) is 4.39 Å². The summed E-state index contributed by atoms with van der Waals surface area (Å²) < 4.78 is 24.5. The highest BCUT2D eigenvalue weighted by molar-refractivity contribution is 5.80. The van der Waals surface area contributed by atoms with Crippen molar-refractivity contribution in [2.45, 2.75) is 12.5 Å². The van der Waals surface area contributed by atoms with Crippen molar-refractivity contribution < 1.29 is 13.9 Å². The monoisotopic (exact) mass is 345 g/mol. The van der Waals surface area contributed by atoms with Crippen LogP contribution in [-0.4, -0.2) is 62.0 Å². The van der Waals surface area contributed by atoms with Gasteiger partial charge >= 0.3 is 0 Å². The van der Waals surface area contributed by atoms with E-state index >= 15 is 0 Å². The molecule has 2 aromatic rings. The van der Waals surface area contributed by atoms with E-state index < -0.39 is 0 Å². The predicted octanol–water partition coefficient (Wildman–Crippen LogP) is 2.52. The van der Waals surface area contributed by atoms with Gasteiger partial charge < -0.3 is 14.8 Å². The summed E-state index contributed by atoms with van der Waals surface area (Å²) in [5, 5.41) is 4.40. The molecule has 3 heterocycles. The van der Waals surface area contributed by atoms with E-state index in [-0.39, 0.29) is 5.82 Å². The van der Waals surface area contributed by atoms with Gasteiger partial charge in [0.1, 0.15) is 11.6 Å². The number of anilines is 1. The van der Waals surface area contributed by atoms with Crippen LogP contribution < -0.4 is 5.32 Å². The average Bonchev–Trinajstić information content (AvgIpc) is 3.17. The Hall–Kier alpha value is -1.76. The summed E-state index contributed by atoms with van der Waals surface area (Å²) in [5.74, 6) is 1.06. The van der Waals surface area contributed by atoms with Gasteiger partial charge in [0, 0.05) is 49.7 Å². The zero-order valence-electron chi connectivity index (χ0n) is 14.3. The highest BCUT2D eigenvalue weighted by Crippen LogP contribution is 2.23. The van der Waals surface area contributed by atoms with Crippen LogP contribution in [0.4, 0.5) is 10.2 Å². The molecule has 0 saturated carbocycles. The van der Waals surface area contributed by atoms with Crippen molar-refractivity contribution >= 4 is 16.7 Å². The van der Waals surface area contributed by atoms with Gasteiger partial charge in [-0.2, -0.15) is 0 Å². The minimum absolute atomic E-state index is 0.258. The Kier molecular flexibility index (Phi) is 5.10. The molecule has 2 saturated heterocycles. The van der Waals surface area contributed by atoms with Gasteiger partial charge in [-0.15, -0.1) is 0 Å². The second-order valence-electron chi connectivity index (χ2n) is 6.75. The van der Waals surface area contributed by atoms with E-state index in [1.54, 1.807) is 6.07 Å². The molecular formula is C19H24FN3O2. The molecule has 2 aliphatic rings. The Morgan fingerprint density at radius 1 is 1.16 bits per heavy atom. The van der Waals surface area contributed by atoms with Crippen molar-refractivity contribution in [1.29, 1.82) is 0 Å². The van der Waals surface area contributed by atoms with Crippen molar-refractivity contribution in [2.75, 3.05) is 51.4 Å². The molecule has 4 rings (SSSR count). The van der Waals surface area contributed by atoms with Gasteiger partial charge in [-0.05, 0) is 30.7 Å². The molecule has 1 aromatic heterocycles. The molecule has 1 N–H and O–H groups in total. The first kappa shape index (κ1) is 16.7. The van der Waals surface area contributed by atoms with Gasteiger partial charge in [0.15, 0.2) is 0 Å². The lowest BCUT2D eigenvalue weighted by Gasteiger charge is -2.37. The fraction of sp³-hybridized carbons (Fsp3) is 0.526. The summed E-state index contributed by atoms with van der Waals surface area (Å²) in [6, 6.07) is 9.04. The highest BCUT2D eigenvalue weighted by Gasteiger charge is 2.31. The van der Waals surface area contributed by atoms with Gasteiger partial charge in [-0.3, -0.25) is 4.90 Å². The van der Waals surface area contributed by atoms with Crippen LogP contribution in [0.15, 0.2) is 30.3 Å². The second kappa shape index (κ2) is 7.64. The molecule has 1 aromatic carbocycles. The molecule has 2 aliphatic heterocycles. The number of hydrogen-bond donors (Lipinski definition) is 1. The zero-order valence-corrected chi connectivity index (χ0v) is 14.3. The summed E-state index contributed by atoms with van der Waals surface area (Å²) in [5.41, 5.74) is 0.678. The van der Waals surface area contributed by atoms with Crippen LogP contribution in [0.2, 0.25) is 0 Å². The molecule has 0 amide bonds. The first-order valence-corrected chi connectivity index (χ1v) is 8.99. The Bertz CT molecular complexity index is 715. The number of aromatic nitrogens is 1. The van der Waals surface area contributed by atoms with E-state index in [0.29, 0.717) is 17.5 Å². The summed E-state index contributed by atoms with van der Waals surface area (Å²) in [6.45, 7) is 5.97. The summed E-state index contributed by atoms with van der Waals surface area (Å²) in [7, 11) is 0. The number of benzene rings is 1. The Labute approximate surface area is 147 Å². The number of nitrogens with zero attached hydrogens (tertiary/aromatic N) is 2. The standard InChI is InChI=1S/C19H24FN3O2/c20-16-3-1-14-2-4-19(22-17(14)11-16)21-12-18(15-5-8-25-13-15)23-6-9-24-10-7-23/h1-4,11,15,18H,5-10,12-13H2,(H,21,22)/t15-,18-/m1/s1. The lowest BCUT2D eigenvalue weighted by atomic mass is 9.97. The van der Waals surface area contributed by atoms with Crippen LogP contribution >= 0.6 is 0 Å². The van der Waals surface area contributed by atoms with Crippen molar-refractivity contribution in [3.8, 4) is 0 Å². The third-order valence-corrected chi connectivity index (χ3v) is 5.17. The zero-order chi connectivity index (χ0) is 17.1. The van der Waals surface area contributed by atoms with Gasteiger partial charge in [-0.1, -0.05) is 0 Å². The maximum atomic E-state index is 13.4. The van der Waals surface area contributed by atoms with Crippen LogP contribution in [0, 0.1) is 11.7 Å². The molecule has 2 atom stereocenters. The molecule has 0 radical (unpaired) electrons. The summed E-state index contributed by atoms with van der Waals surface area (Å²) in [6.07, 6.45) is 1.10. The number of pyridine rings is 1. The molecule has 5 nitrogen and oxygen atoms in total. The second-order valence-corrected chi connectivity index (χ2v) is 6.75. The Balaban J connectivity index is 1.48. The number of ether oxygens (including phenoxy) is 2. The molecule has 2 fully saturated rings. The van der Waals surface area contributed by atoms with Crippen molar-refractivity contribution in [1.82, 2.24) is 9.88 Å². The first-order valence-electron chi connectivity index (χ1n) is 8.99. The number of rotatable bonds is 5. The van der Waals surface area contributed by atoms with E-state index in [4.69, 9.17) is 9.47 Å². The van der Waals surface area contributed by atoms with Crippen molar-refractivity contribution in [3.05, 3.63) is 36.1 Å². The average molecular weight is 345 g/mol. The molecule has 0 unspecified atom stereocenters. The number of nitrogens with one attached hydrogen (secondary N) is 1. The lowest BCUT2D eigenvalue weighted by Crippen LogP contribution is -2.50. The fourth-order valence-corrected chi connectivity index (χ4v) is 3.76. The molecule has 0 spiro atoms. The fourth-order valence-electron chi connectivity index (χ4n) is 3.76. The topological polar surface area (TPSA) is 46.6 Å². The highest BCUT2D eigenvalue weighted by atomic mass is 19.1. The van der Waals surface area contributed by atoms with Crippen LogP contribution in [0.1, 0.15) is 6.42 Å². The van der Waals surface area contributed by atoms with Gasteiger partial charge in [-0.25, -0.2) is 9.37 Å². The predicted molar refractivity (Wildman–Crippen MR) is 95.3 cm³/mol. The molecule has 25 heavy (non-hydrogen) atoms. The number of hydrogen-bond acceptors (Lipinski definition) is 5. The smallest absolute Gasteiger partial charge is 0.126 e. The summed E-state index contributed by atoms with van der Waals surface area (Å²) >= 11 is 0. The van der Waals surface area contributed by atoms with Gasteiger partial charge in [0.2, 0.25) is 0 Å². The Morgan fingerprint density at radius 2 is 2.00 bits per heavy atom. The Morgan fingerprint density at radius 3 is 2.80 bits per heavy atom. The van der Waals surface area contributed by atoms with Gasteiger partial charge in [0.25, 0.3) is 0 Å². The lowest BCUT2D eigenvalue weighted by molar-refractivity contribution is 0.00460. The van der Waals surface area contributed by atoms with E-state index in [1.165, 1.54) is 12.1 Å². The first-order chi connectivity index (χ1) is 12.3. The van der Waals surface area contributed by atoms with Crippen LogP contribution in [0.25, 0.3) is 10.9 Å². The molecular weight excluding hydrogens is 321 g/mol. The number of fused-ring (bicyclic) bond motifs is 1. The third kappa shape index (κ3) is 3.92. The molecule has 0 aliphatic carbocycles. The number of halogens is 1. The van der Waals surface area contributed by atoms with E-state index in [2.05, 4.69) is 15.2 Å². The van der Waals surface area contributed by atoms with E-state index in [0.717, 1.165) is 63.7 Å². The minimum atomic E-state index is -0.258. The molecule has 134 valence electrons. The van der Waals surface area contributed by atoms with Gasteiger partial charge in [0.05, 0.1) is 25.3 Å². The maximum Gasteiger partial charge on any atom is 0.126 e. The quantitative estimate of drug-likeness (QED) is 0.902. The number of morpholine rings is 1. The minimum Gasteiger partial charge on any atom is -0.381 e. The van der Waals surface area contributed by atoms with Crippen molar-refractivity contribution in [2.24, 2.45) is 5.92 Å².